The molecule has 0 saturated heterocycles. The molecule has 0 saturated carbocycles. The molecule has 98 valence electrons. The predicted octanol–water partition coefficient (Wildman–Crippen LogP) is 1.43. The largest absolute Gasteiger partial charge is 0.383 e. The topological polar surface area (TPSA) is 56.5 Å². The maximum atomic E-state index is 10.4. The highest BCUT2D eigenvalue weighted by atomic mass is 35.5. The summed E-state index contributed by atoms with van der Waals surface area (Å²) in [5.41, 5.74) is -0.596. The molecule has 1 N–H and O–H groups in total. The Labute approximate surface area is 106 Å². The fraction of sp³-hybridized carbons (Fsp3) is 0.727. The van der Waals surface area contributed by atoms with Crippen molar-refractivity contribution in [2.24, 2.45) is 0 Å². The Morgan fingerprint density at radius 3 is 2.88 bits per heavy atom. The third-order valence-corrected chi connectivity index (χ3v) is 2.68. The predicted molar refractivity (Wildman–Crippen MR) is 65.2 cm³/mol. The van der Waals surface area contributed by atoms with Gasteiger partial charge < -0.3 is 14.6 Å². The number of rotatable bonds is 7. The van der Waals surface area contributed by atoms with E-state index >= 15 is 0 Å². The zero-order valence-corrected chi connectivity index (χ0v) is 11.2. The van der Waals surface area contributed by atoms with Gasteiger partial charge in [0.1, 0.15) is 5.60 Å². The summed E-state index contributed by atoms with van der Waals surface area (Å²) >= 11 is 6.05. The van der Waals surface area contributed by atoms with Crippen LogP contribution in [-0.4, -0.2) is 41.8 Å². The van der Waals surface area contributed by atoms with E-state index in [0.717, 1.165) is 0 Å². The molecule has 17 heavy (non-hydrogen) atoms. The molecule has 0 spiro atoms. The SMILES string of the molecule is CCOCC(C)(O)c1c(Cl)cnn1CCOC. The Bertz CT molecular complexity index is 352. The van der Waals surface area contributed by atoms with Crippen molar-refractivity contribution in [1.29, 1.82) is 0 Å². The number of aliphatic hydroxyl groups is 1. The van der Waals surface area contributed by atoms with Crippen LogP contribution in [0.3, 0.4) is 0 Å². The van der Waals surface area contributed by atoms with Gasteiger partial charge in [-0.05, 0) is 13.8 Å². The van der Waals surface area contributed by atoms with Crippen LogP contribution in [0, 0.1) is 0 Å². The smallest absolute Gasteiger partial charge is 0.128 e. The molecule has 5 nitrogen and oxygen atoms in total. The molecule has 0 aliphatic heterocycles. The number of ether oxygens (including phenoxy) is 2. The molecule has 0 fully saturated rings. The molecular formula is C11H19ClN2O3. The van der Waals surface area contributed by atoms with E-state index in [1.165, 1.54) is 6.20 Å². The van der Waals surface area contributed by atoms with Gasteiger partial charge in [-0.1, -0.05) is 11.6 Å². The van der Waals surface area contributed by atoms with Crippen molar-refractivity contribution in [2.75, 3.05) is 26.9 Å². The fourth-order valence-electron chi connectivity index (χ4n) is 1.61. The number of halogens is 1. The summed E-state index contributed by atoms with van der Waals surface area (Å²) < 4.78 is 11.9. The lowest BCUT2D eigenvalue weighted by Crippen LogP contribution is -2.32. The van der Waals surface area contributed by atoms with Crippen LogP contribution in [0.4, 0.5) is 0 Å². The Morgan fingerprint density at radius 1 is 1.59 bits per heavy atom. The van der Waals surface area contributed by atoms with Crippen molar-refractivity contribution in [2.45, 2.75) is 26.0 Å². The van der Waals surface area contributed by atoms with Crippen LogP contribution in [0.1, 0.15) is 19.5 Å². The van der Waals surface area contributed by atoms with Crippen molar-refractivity contribution in [3.8, 4) is 0 Å². The maximum Gasteiger partial charge on any atom is 0.128 e. The average molecular weight is 263 g/mol. The van der Waals surface area contributed by atoms with Crippen molar-refractivity contribution >= 4 is 11.6 Å². The van der Waals surface area contributed by atoms with Crippen LogP contribution < -0.4 is 0 Å². The van der Waals surface area contributed by atoms with Gasteiger partial charge >= 0.3 is 0 Å². The molecule has 6 heteroatoms. The maximum absolute atomic E-state index is 10.4. The van der Waals surface area contributed by atoms with Gasteiger partial charge in [-0.3, -0.25) is 4.68 Å². The van der Waals surface area contributed by atoms with Crippen LogP contribution in [0.2, 0.25) is 5.02 Å². The van der Waals surface area contributed by atoms with Gasteiger partial charge in [0.05, 0.1) is 36.7 Å². The highest BCUT2D eigenvalue weighted by Gasteiger charge is 2.30. The van der Waals surface area contributed by atoms with Gasteiger partial charge in [-0.25, -0.2) is 0 Å². The van der Waals surface area contributed by atoms with Crippen molar-refractivity contribution in [3.63, 3.8) is 0 Å². The van der Waals surface area contributed by atoms with Crippen LogP contribution in [-0.2, 0) is 21.6 Å². The molecule has 1 aromatic rings. The minimum atomic E-state index is -1.16. The van der Waals surface area contributed by atoms with Gasteiger partial charge in [-0.15, -0.1) is 0 Å². The monoisotopic (exact) mass is 262 g/mol. The number of methoxy groups -OCH3 is 1. The third kappa shape index (κ3) is 3.67. The molecule has 0 radical (unpaired) electrons. The number of nitrogens with zero attached hydrogens (tertiary/aromatic N) is 2. The van der Waals surface area contributed by atoms with Crippen LogP contribution in [0.25, 0.3) is 0 Å². The van der Waals surface area contributed by atoms with E-state index in [1.54, 1.807) is 18.7 Å². The van der Waals surface area contributed by atoms with Gasteiger partial charge in [0.25, 0.3) is 0 Å². The van der Waals surface area contributed by atoms with Crippen molar-refractivity contribution in [1.82, 2.24) is 9.78 Å². The summed E-state index contributed by atoms with van der Waals surface area (Å²) in [5.74, 6) is 0. The quantitative estimate of drug-likeness (QED) is 0.808. The third-order valence-electron chi connectivity index (χ3n) is 2.40. The van der Waals surface area contributed by atoms with Gasteiger partial charge in [0.2, 0.25) is 0 Å². The van der Waals surface area contributed by atoms with E-state index in [0.29, 0.717) is 30.5 Å². The molecular weight excluding hydrogens is 244 g/mol. The summed E-state index contributed by atoms with van der Waals surface area (Å²) in [4.78, 5) is 0. The molecule has 0 amide bonds. The summed E-state index contributed by atoms with van der Waals surface area (Å²) in [7, 11) is 1.61. The van der Waals surface area contributed by atoms with Gasteiger partial charge in [-0.2, -0.15) is 5.10 Å². The van der Waals surface area contributed by atoms with E-state index in [1.807, 2.05) is 6.92 Å². The summed E-state index contributed by atoms with van der Waals surface area (Å²) in [6, 6.07) is 0. The molecule has 1 rings (SSSR count). The number of hydrogen-bond acceptors (Lipinski definition) is 4. The Hall–Kier alpha value is -0.620. The second kappa shape index (κ2) is 6.35. The second-order valence-corrected chi connectivity index (χ2v) is 4.38. The Kier molecular flexibility index (Phi) is 5.39. The van der Waals surface area contributed by atoms with Crippen LogP contribution in [0.15, 0.2) is 6.20 Å². The van der Waals surface area contributed by atoms with Crippen molar-refractivity contribution in [3.05, 3.63) is 16.9 Å². The van der Waals surface area contributed by atoms with E-state index < -0.39 is 5.60 Å². The van der Waals surface area contributed by atoms with Gasteiger partial charge in [0.15, 0.2) is 0 Å². The molecule has 0 aliphatic carbocycles. The molecule has 1 unspecified atom stereocenters. The van der Waals surface area contributed by atoms with E-state index in [-0.39, 0.29) is 6.61 Å². The zero-order chi connectivity index (χ0) is 12.9. The normalized spacial score (nSPS) is 14.9. The summed E-state index contributed by atoms with van der Waals surface area (Å²) in [6.45, 7) is 5.31. The lowest BCUT2D eigenvalue weighted by atomic mass is 10.0. The standard InChI is InChI=1S/C11H19ClN2O3/c1-4-17-8-11(2,15)10-9(12)7-13-14(10)5-6-16-3/h7,15H,4-6,8H2,1-3H3. The Morgan fingerprint density at radius 2 is 2.29 bits per heavy atom. The number of aromatic nitrogens is 2. The van der Waals surface area contributed by atoms with Crippen LogP contribution >= 0.6 is 11.6 Å². The van der Waals surface area contributed by atoms with E-state index in [4.69, 9.17) is 21.1 Å². The minimum Gasteiger partial charge on any atom is -0.383 e. The minimum absolute atomic E-state index is 0.182. The average Bonchev–Trinajstić information content (AvgIpc) is 2.66. The van der Waals surface area contributed by atoms with Gasteiger partial charge in [0, 0.05) is 13.7 Å². The zero-order valence-electron chi connectivity index (χ0n) is 10.4. The summed E-state index contributed by atoms with van der Waals surface area (Å²) in [6.07, 6.45) is 1.52. The highest BCUT2D eigenvalue weighted by molar-refractivity contribution is 6.31. The van der Waals surface area contributed by atoms with E-state index in [9.17, 15) is 5.11 Å². The molecule has 1 aromatic heterocycles. The molecule has 1 heterocycles. The first kappa shape index (κ1) is 14.4. The first-order valence-electron chi connectivity index (χ1n) is 5.53. The number of hydrogen-bond donors (Lipinski definition) is 1. The molecule has 0 aliphatic rings. The van der Waals surface area contributed by atoms with E-state index in [2.05, 4.69) is 5.10 Å². The van der Waals surface area contributed by atoms with Crippen LogP contribution in [0.5, 0.6) is 0 Å². The lowest BCUT2D eigenvalue weighted by Gasteiger charge is -2.24. The molecule has 1 atom stereocenters. The second-order valence-electron chi connectivity index (χ2n) is 3.97. The first-order valence-corrected chi connectivity index (χ1v) is 5.91. The molecule has 0 aromatic carbocycles. The Balaban J connectivity index is 2.89. The highest BCUT2D eigenvalue weighted by Crippen LogP contribution is 2.28. The summed E-state index contributed by atoms with van der Waals surface area (Å²) in [5, 5.41) is 14.9. The lowest BCUT2D eigenvalue weighted by molar-refractivity contribution is -0.0404. The fourth-order valence-corrected chi connectivity index (χ4v) is 1.96. The first-order chi connectivity index (χ1) is 8.03. The molecule has 0 bridgehead atoms. The van der Waals surface area contributed by atoms with Crippen molar-refractivity contribution < 1.29 is 14.6 Å².